The fourth-order valence-electron chi connectivity index (χ4n) is 2.40. The van der Waals surface area contributed by atoms with Crippen LogP contribution in [-0.2, 0) is 6.54 Å². The van der Waals surface area contributed by atoms with Crippen LogP contribution in [0, 0.1) is 11.8 Å². The minimum atomic E-state index is -0.00498. The number of rotatable bonds is 3. The Kier molecular flexibility index (Phi) is 4.50. The van der Waals surface area contributed by atoms with Gasteiger partial charge in [-0.1, -0.05) is 20.8 Å². The Balaban J connectivity index is 2.23. The van der Waals surface area contributed by atoms with E-state index >= 15 is 0 Å². The Morgan fingerprint density at radius 1 is 1.53 bits per heavy atom. The summed E-state index contributed by atoms with van der Waals surface area (Å²) in [7, 11) is 0. The van der Waals surface area contributed by atoms with Crippen molar-refractivity contribution in [3.63, 3.8) is 0 Å². The van der Waals surface area contributed by atoms with Gasteiger partial charge in [0.15, 0.2) is 5.82 Å². The van der Waals surface area contributed by atoms with Gasteiger partial charge in [-0.15, -0.1) is 11.6 Å². The van der Waals surface area contributed by atoms with E-state index in [0.29, 0.717) is 24.2 Å². The van der Waals surface area contributed by atoms with Crippen LogP contribution >= 0.6 is 11.6 Å². The van der Waals surface area contributed by atoms with Crippen LogP contribution in [0.25, 0.3) is 0 Å². The smallest absolute Gasteiger partial charge is 0.293 e. The highest BCUT2D eigenvalue weighted by Gasteiger charge is 2.26. The first-order valence-electron chi connectivity index (χ1n) is 6.93. The van der Waals surface area contributed by atoms with Crippen molar-refractivity contribution in [2.24, 2.45) is 11.8 Å². The third-order valence-corrected chi connectivity index (χ3v) is 4.19. The predicted octanol–water partition coefficient (Wildman–Crippen LogP) is 2.35. The lowest BCUT2D eigenvalue weighted by Gasteiger charge is -2.34. The average molecular weight is 284 g/mol. The van der Waals surface area contributed by atoms with Gasteiger partial charge in [-0.2, -0.15) is 0 Å². The first kappa shape index (κ1) is 14.4. The van der Waals surface area contributed by atoms with Crippen LogP contribution in [0.1, 0.15) is 27.2 Å². The van der Waals surface area contributed by atoms with E-state index < -0.39 is 0 Å². The van der Waals surface area contributed by atoms with Crippen molar-refractivity contribution in [1.29, 1.82) is 0 Å². The molecule has 0 aliphatic carbocycles. The third-order valence-electron chi connectivity index (χ3n) is 3.62. The molecule has 0 amide bonds. The zero-order valence-corrected chi connectivity index (χ0v) is 12.6. The Morgan fingerprint density at radius 3 is 2.89 bits per heavy atom. The summed E-state index contributed by atoms with van der Waals surface area (Å²) in [5.41, 5.74) is -0.00498. The van der Waals surface area contributed by atoms with E-state index in [-0.39, 0.29) is 10.9 Å². The molecule has 1 aromatic rings. The summed E-state index contributed by atoms with van der Waals surface area (Å²) >= 11 is 6.31. The molecule has 5 heteroatoms. The molecular formula is C14H22ClN3O. The topological polar surface area (TPSA) is 38.1 Å². The number of hydrogen-bond acceptors (Lipinski definition) is 3. The lowest BCUT2D eigenvalue weighted by molar-refractivity contribution is 0.440. The lowest BCUT2D eigenvalue weighted by atomic mass is 9.99. The molecule has 4 nitrogen and oxygen atoms in total. The molecule has 2 rings (SSSR count). The highest BCUT2D eigenvalue weighted by atomic mass is 35.5. The number of halogens is 1. The molecule has 0 bridgehead atoms. The lowest BCUT2D eigenvalue weighted by Crippen LogP contribution is -2.44. The van der Waals surface area contributed by atoms with Crippen molar-refractivity contribution in [1.82, 2.24) is 9.55 Å². The molecule has 1 aliphatic heterocycles. The van der Waals surface area contributed by atoms with Gasteiger partial charge in [0.2, 0.25) is 0 Å². The highest BCUT2D eigenvalue weighted by Crippen LogP contribution is 2.23. The van der Waals surface area contributed by atoms with Crippen molar-refractivity contribution < 1.29 is 0 Å². The number of hydrogen-bond donors (Lipinski definition) is 0. The van der Waals surface area contributed by atoms with Gasteiger partial charge in [0.25, 0.3) is 5.56 Å². The van der Waals surface area contributed by atoms with Gasteiger partial charge in [-0.05, 0) is 18.3 Å². The van der Waals surface area contributed by atoms with Gasteiger partial charge in [0.1, 0.15) is 0 Å². The maximum atomic E-state index is 12.4. The molecule has 0 spiro atoms. The van der Waals surface area contributed by atoms with E-state index in [4.69, 9.17) is 11.6 Å². The van der Waals surface area contributed by atoms with Crippen LogP contribution in [0.5, 0.6) is 0 Å². The Morgan fingerprint density at radius 2 is 2.26 bits per heavy atom. The zero-order valence-electron chi connectivity index (χ0n) is 11.8. The summed E-state index contributed by atoms with van der Waals surface area (Å²) in [5, 5.41) is 0.0914. The second-order valence-corrected chi connectivity index (χ2v) is 6.39. The predicted molar refractivity (Wildman–Crippen MR) is 79.0 cm³/mol. The summed E-state index contributed by atoms with van der Waals surface area (Å²) in [6.07, 6.45) is 4.48. The van der Waals surface area contributed by atoms with Gasteiger partial charge < -0.3 is 9.47 Å². The van der Waals surface area contributed by atoms with E-state index in [0.717, 1.165) is 19.5 Å². The first-order chi connectivity index (χ1) is 8.99. The summed E-state index contributed by atoms with van der Waals surface area (Å²) < 4.78 is 1.74. The normalized spacial score (nSPS) is 23.9. The molecule has 0 radical (unpaired) electrons. The minimum Gasteiger partial charge on any atom is -0.351 e. The number of alkyl halides is 1. The molecule has 106 valence electrons. The molecule has 0 saturated carbocycles. The SMILES string of the molecule is CC(C)Cn1ccnc(N2CCC(C)C(Cl)C2)c1=O. The van der Waals surface area contributed by atoms with E-state index in [1.165, 1.54) is 0 Å². The molecule has 2 unspecified atom stereocenters. The summed E-state index contributed by atoms with van der Waals surface area (Å²) in [4.78, 5) is 18.7. The van der Waals surface area contributed by atoms with Crippen molar-refractivity contribution in [2.75, 3.05) is 18.0 Å². The number of piperidine rings is 1. The van der Waals surface area contributed by atoms with Crippen LogP contribution in [-0.4, -0.2) is 28.0 Å². The molecule has 19 heavy (non-hydrogen) atoms. The molecular weight excluding hydrogens is 262 g/mol. The minimum absolute atomic E-state index is 0.00498. The summed E-state index contributed by atoms with van der Waals surface area (Å²) in [5.74, 6) is 1.48. The molecule has 1 fully saturated rings. The van der Waals surface area contributed by atoms with Crippen molar-refractivity contribution in [2.45, 2.75) is 39.1 Å². The van der Waals surface area contributed by atoms with Crippen molar-refractivity contribution in [3.8, 4) is 0 Å². The first-order valence-corrected chi connectivity index (χ1v) is 7.37. The van der Waals surface area contributed by atoms with Gasteiger partial charge in [0.05, 0.1) is 5.38 Å². The van der Waals surface area contributed by atoms with Crippen molar-refractivity contribution in [3.05, 3.63) is 22.7 Å². The highest BCUT2D eigenvalue weighted by molar-refractivity contribution is 6.21. The van der Waals surface area contributed by atoms with E-state index in [1.807, 2.05) is 4.90 Å². The van der Waals surface area contributed by atoms with Gasteiger partial charge >= 0.3 is 0 Å². The quantitative estimate of drug-likeness (QED) is 0.799. The van der Waals surface area contributed by atoms with Crippen LogP contribution < -0.4 is 10.5 Å². The van der Waals surface area contributed by atoms with Gasteiger partial charge in [0, 0.05) is 32.0 Å². The van der Waals surface area contributed by atoms with E-state index in [2.05, 4.69) is 25.8 Å². The molecule has 1 aromatic heterocycles. The van der Waals surface area contributed by atoms with Crippen LogP contribution in [0.15, 0.2) is 17.2 Å². The van der Waals surface area contributed by atoms with Crippen LogP contribution in [0.2, 0.25) is 0 Å². The van der Waals surface area contributed by atoms with Gasteiger partial charge in [-0.25, -0.2) is 4.98 Å². The third kappa shape index (κ3) is 3.30. The molecule has 1 saturated heterocycles. The summed E-state index contributed by atoms with van der Waals surface area (Å²) in [6.45, 7) is 8.65. The molecule has 2 heterocycles. The number of anilines is 1. The van der Waals surface area contributed by atoms with E-state index in [9.17, 15) is 4.79 Å². The van der Waals surface area contributed by atoms with Crippen LogP contribution in [0.4, 0.5) is 5.82 Å². The summed E-state index contributed by atoms with van der Waals surface area (Å²) in [6, 6.07) is 0. The number of aromatic nitrogens is 2. The Labute approximate surface area is 119 Å². The molecule has 0 aromatic carbocycles. The Hall–Kier alpha value is -1.03. The van der Waals surface area contributed by atoms with Crippen molar-refractivity contribution >= 4 is 17.4 Å². The molecule has 2 atom stereocenters. The largest absolute Gasteiger partial charge is 0.351 e. The fraction of sp³-hybridized carbons (Fsp3) is 0.714. The Bertz CT molecular complexity index is 486. The zero-order chi connectivity index (χ0) is 14.0. The van der Waals surface area contributed by atoms with Crippen LogP contribution in [0.3, 0.4) is 0 Å². The second-order valence-electron chi connectivity index (χ2n) is 5.83. The van der Waals surface area contributed by atoms with E-state index in [1.54, 1.807) is 17.0 Å². The van der Waals surface area contributed by atoms with Gasteiger partial charge in [-0.3, -0.25) is 4.79 Å². The average Bonchev–Trinajstić information content (AvgIpc) is 2.35. The monoisotopic (exact) mass is 283 g/mol. The molecule has 0 N–H and O–H groups in total. The second kappa shape index (κ2) is 5.95. The fourth-order valence-corrected chi connectivity index (χ4v) is 2.70. The standard InChI is InChI=1S/C14H22ClN3O/c1-10(2)8-18-7-5-16-13(14(18)19)17-6-4-11(3)12(15)9-17/h5,7,10-12H,4,6,8-9H2,1-3H3. The number of nitrogens with zero attached hydrogens (tertiary/aromatic N) is 3. The maximum Gasteiger partial charge on any atom is 0.293 e. The molecule has 1 aliphatic rings. The maximum absolute atomic E-state index is 12.4.